The third-order valence-corrected chi connectivity index (χ3v) is 5.41. The van der Waals surface area contributed by atoms with Crippen LogP contribution in [0.15, 0.2) is 33.3 Å². The lowest BCUT2D eigenvalue weighted by atomic mass is 10.1. The van der Waals surface area contributed by atoms with Crippen LogP contribution in [0.1, 0.15) is 22.9 Å². The Kier molecular flexibility index (Phi) is 5.80. The molecule has 0 bridgehead atoms. The Morgan fingerprint density at radius 2 is 1.80 bits per heavy atom. The fourth-order valence-corrected chi connectivity index (χ4v) is 3.54. The van der Waals surface area contributed by atoms with Crippen molar-refractivity contribution in [3.8, 4) is 17.1 Å². The average Bonchev–Trinajstić information content (AvgIpc) is 3.36. The van der Waals surface area contributed by atoms with Crippen molar-refractivity contribution in [3.63, 3.8) is 0 Å². The van der Waals surface area contributed by atoms with E-state index in [0.717, 1.165) is 35.7 Å². The van der Waals surface area contributed by atoms with Crippen LogP contribution in [0.2, 0.25) is 0 Å². The Morgan fingerprint density at radius 3 is 2.43 bits per heavy atom. The molecule has 0 spiro atoms. The van der Waals surface area contributed by atoms with E-state index in [1.807, 2.05) is 43.0 Å². The van der Waals surface area contributed by atoms with Gasteiger partial charge in [0.1, 0.15) is 11.5 Å². The number of nitrogens with zero attached hydrogens (tertiary/aromatic N) is 5. The summed E-state index contributed by atoms with van der Waals surface area (Å²) in [4.78, 5) is 21.2. The van der Waals surface area contributed by atoms with E-state index in [-0.39, 0.29) is 5.91 Å². The summed E-state index contributed by atoms with van der Waals surface area (Å²) in [6.07, 6.45) is 0.329. The van der Waals surface area contributed by atoms with Gasteiger partial charge in [-0.05, 0) is 38.1 Å². The van der Waals surface area contributed by atoms with Gasteiger partial charge in [0.2, 0.25) is 17.6 Å². The van der Waals surface area contributed by atoms with Gasteiger partial charge < -0.3 is 18.7 Å². The number of aromatic nitrogens is 3. The number of rotatable bonds is 6. The number of carbonyl (C=O) groups is 1. The molecule has 30 heavy (non-hydrogen) atoms. The molecule has 3 aromatic rings. The fraction of sp³-hybridized carbons (Fsp3) is 0.429. The van der Waals surface area contributed by atoms with Crippen molar-refractivity contribution < 1.29 is 18.6 Å². The molecule has 0 radical (unpaired) electrons. The molecule has 158 valence electrons. The van der Waals surface area contributed by atoms with Gasteiger partial charge >= 0.3 is 0 Å². The van der Waals surface area contributed by atoms with E-state index in [1.165, 1.54) is 0 Å². The van der Waals surface area contributed by atoms with E-state index in [9.17, 15) is 4.79 Å². The maximum Gasteiger partial charge on any atom is 0.241 e. The van der Waals surface area contributed by atoms with Gasteiger partial charge in [-0.3, -0.25) is 9.69 Å². The minimum Gasteiger partial charge on any atom is -0.497 e. The van der Waals surface area contributed by atoms with Gasteiger partial charge in [0.15, 0.2) is 0 Å². The number of ether oxygens (including phenoxy) is 1. The van der Waals surface area contributed by atoms with Crippen LogP contribution in [-0.2, 0) is 17.8 Å². The van der Waals surface area contributed by atoms with Crippen LogP contribution >= 0.6 is 0 Å². The lowest BCUT2D eigenvalue weighted by Gasteiger charge is -2.34. The van der Waals surface area contributed by atoms with Crippen LogP contribution in [0.4, 0.5) is 0 Å². The van der Waals surface area contributed by atoms with Gasteiger partial charge in [-0.15, -0.1) is 0 Å². The summed E-state index contributed by atoms with van der Waals surface area (Å²) in [6.45, 7) is 7.12. The molecule has 4 rings (SSSR count). The zero-order valence-electron chi connectivity index (χ0n) is 17.4. The van der Waals surface area contributed by atoms with Gasteiger partial charge in [0.05, 0.1) is 25.8 Å². The Bertz CT molecular complexity index is 983. The second kappa shape index (κ2) is 8.66. The molecule has 9 nitrogen and oxygen atoms in total. The summed E-state index contributed by atoms with van der Waals surface area (Å²) >= 11 is 0. The van der Waals surface area contributed by atoms with Gasteiger partial charge in [0, 0.05) is 37.3 Å². The molecule has 0 atom stereocenters. The Morgan fingerprint density at radius 1 is 1.07 bits per heavy atom. The highest BCUT2D eigenvalue weighted by Gasteiger charge is 2.24. The molecule has 1 aliphatic heterocycles. The second-order valence-corrected chi connectivity index (χ2v) is 7.38. The summed E-state index contributed by atoms with van der Waals surface area (Å²) in [6, 6.07) is 7.53. The summed E-state index contributed by atoms with van der Waals surface area (Å²) < 4.78 is 15.7. The number of hydrogen-bond donors (Lipinski definition) is 0. The average molecular weight is 411 g/mol. The van der Waals surface area contributed by atoms with E-state index in [2.05, 4.69) is 20.2 Å². The summed E-state index contributed by atoms with van der Waals surface area (Å²) in [7, 11) is 1.63. The molecule has 1 saturated heterocycles. The number of aryl methyl sites for hydroxylation is 2. The molecular weight excluding hydrogens is 386 g/mol. The zero-order chi connectivity index (χ0) is 21.1. The molecule has 0 aliphatic carbocycles. The molecule has 0 N–H and O–H groups in total. The van der Waals surface area contributed by atoms with Crippen LogP contribution < -0.4 is 4.74 Å². The third kappa shape index (κ3) is 4.35. The quantitative estimate of drug-likeness (QED) is 0.609. The Hall–Kier alpha value is -3.20. The molecule has 1 fully saturated rings. The van der Waals surface area contributed by atoms with E-state index in [4.69, 9.17) is 13.8 Å². The van der Waals surface area contributed by atoms with E-state index < -0.39 is 0 Å². The molecule has 0 saturated carbocycles. The topological polar surface area (TPSA) is 97.7 Å². The Balaban J connectivity index is 1.29. The molecule has 1 aliphatic rings. The molecule has 1 aromatic carbocycles. The smallest absolute Gasteiger partial charge is 0.241 e. The van der Waals surface area contributed by atoms with Crippen molar-refractivity contribution in [1.82, 2.24) is 25.1 Å². The van der Waals surface area contributed by atoms with Crippen LogP contribution in [0.3, 0.4) is 0 Å². The maximum absolute atomic E-state index is 12.6. The predicted octanol–water partition coefficient (Wildman–Crippen LogP) is 2.24. The Labute approximate surface area is 174 Å². The first-order chi connectivity index (χ1) is 14.5. The number of methoxy groups -OCH3 is 1. The normalized spacial score (nSPS) is 14.8. The summed E-state index contributed by atoms with van der Waals surface area (Å²) in [5, 5.41) is 8.00. The van der Waals surface area contributed by atoms with Gasteiger partial charge in [0.25, 0.3) is 0 Å². The molecule has 1 amide bonds. The van der Waals surface area contributed by atoms with Crippen molar-refractivity contribution in [1.29, 1.82) is 0 Å². The van der Waals surface area contributed by atoms with E-state index >= 15 is 0 Å². The largest absolute Gasteiger partial charge is 0.497 e. The van der Waals surface area contributed by atoms with Crippen molar-refractivity contribution in [2.45, 2.75) is 26.8 Å². The number of carbonyl (C=O) groups excluding carboxylic acids is 1. The van der Waals surface area contributed by atoms with Crippen molar-refractivity contribution >= 4 is 5.91 Å². The van der Waals surface area contributed by atoms with Crippen LogP contribution in [0, 0.1) is 13.8 Å². The minimum atomic E-state index is 0.101. The van der Waals surface area contributed by atoms with Gasteiger partial charge in [-0.25, -0.2) is 0 Å². The molecular formula is C21H25N5O4. The molecule has 3 heterocycles. The standard InChI is InChI=1S/C21H25N5O4/c1-14-18(15(2)29-23-14)12-20(27)26-10-8-25(9-11-26)13-19-22-21(24-30-19)16-4-6-17(28-3)7-5-16/h4-7H,8-13H2,1-3H3. The number of benzene rings is 1. The number of amides is 1. The molecule has 9 heteroatoms. The lowest BCUT2D eigenvalue weighted by molar-refractivity contribution is -0.132. The van der Waals surface area contributed by atoms with Gasteiger partial charge in [-0.2, -0.15) is 4.98 Å². The zero-order valence-corrected chi connectivity index (χ0v) is 17.4. The third-order valence-electron chi connectivity index (χ3n) is 5.41. The van der Waals surface area contributed by atoms with Crippen LogP contribution in [0.25, 0.3) is 11.4 Å². The predicted molar refractivity (Wildman–Crippen MR) is 108 cm³/mol. The van der Waals surface area contributed by atoms with Crippen molar-refractivity contribution in [3.05, 3.63) is 47.2 Å². The highest BCUT2D eigenvalue weighted by atomic mass is 16.5. The highest BCUT2D eigenvalue weighted by molar-refractivity contribution is 5.79. The summed E-state index contributed by atoms with van der Waals surface area (Å²) in [5.41, 5.74) is 2.54. The first kappa shape index (κ1) is 20.1. The fourth-order valence-electron chi connectivity index (χ4n) is 3.54. The minimum absolute atomic E-state index is 0.101. The van der Waals surface area contributed by atoms with Crippen LogP contribution in [0.5, 0.6) is 5.75 Å². The highest BCUT2D eigenvalue weighted by Crippen LogP contribution is 2.20. The first-order valence-electron chi connectivity index (χ1n) is 9.92. The van der Waals surface area contributed by atoms with Crippen molar-refractivity contribution in [2.24, 2.45) is 0 Å². The molecule has 2 aromatic heterocycles. The molecule has 0 unspecified atom stereocenters. The second-order valence-electron chi connectivity index (χ2n) is 7.38. The van der Waals surface area contributed by atoms with E-state index in [0.29, 0.717) is 43.5 Å². The maximum atomic E-state index is 12.6. The lowest BCUT2D eigenvalue weighted by Crippen LogP contribution is -2.48. The number of piperazine rings is 1. The summed E-state index contributed by atoms with van der Waals surface area (Å²) in [5.74, 6) is 2.72. The van der Waals surface area contributed by atoms with Crippen LogP contribution in [-0.4, -0.2) is 64.3 Å². The number of hydrogen-bond acceptors (Lipinski definition) is 8. The monoisotopic (exact) mass is 411 g/mol. The first-order valence-corrected chi connectivity index (χ1v) is 9.92. The SMILES string of the molecule is COc1ccc(-c2noc(CN3CCN(C(=O)Cc4c(C)noc4C)CC3)n2)cc1. The van der Waals surface area contributed by atoms with Gasteiger partial charge in [-0.1, -0.05) is 10.3 Å². The van der Waals surface area contributed by atoms with E-state index in [1.54, 1.807) is 7.11 Å². The van der Waals surface area contributed by atoms with Crippen molar-refractivity contribution in [2.75, 3.05) is 33.3 Å².